The number of para-hydroxylation sites is 1. The third kappa shape index (κ3) is 3.79. The minimum absolute atomic E-state index is 0.129. The van der Waals surface area contributed by atoms with E-state index in [-0.39, 0.29) is 12.1 Å². The summed E-state index contributed by atoms with van der Waals surface area (Å²) in [6.07, 6.45) is 6.40. The molecule has 1 aliphatic heterocycles. The molecule has 1 unspecified atom stereocenters. The number of nitrogens with one attached hydrogen (secondary N) is 1. The minimum atomic E-state index is 0.129. The highest BCUT2D eigenvalue weighted by atomic mass is 16.5. The Morgan fingerprint density at radius 3 is 3.00 bits per heavy atom. The van der Waals surface area contributed by atoms with Gasteiger partial charge in [0.1, 0.15) is 5.75 Å². The Balaban J connectivity index is 1.65. The van der Waals surface area contributed by atoms with Gasteiger partial charge < -0.3 is 14.8 Å². The van der Waals surface area contributed by atoms with Crippen molar-refractivity contribution in [1.29, 1.82) is 0 Å². The van der Waals surface area contributed by atoms with Gasteiger partial charge in [-0.25, -0.2) is 0 Å². The molecule has 1 N–H and O–H groups in total. The maximum atomic E-state index is 6.05. The van der Waals surface area contributed by atoms with Gasteiger partial charge in [0, 0.05) is 49.5 Å². The van der Waals surface area contributed by atoms with Crippen molar-refractivity contribution in [3.8, 4) is 5.75 Å². The van der Waals surface area contributed by atoms with E-state index in [1.807, 2.05) is 30.1 Å². The lowest BCUT2D eigenvalue weighted by Gasteiger charge is -2.32. The van der Waals surface area contributed by atoms with Gasteiger partial charge in [-0.05, 0) is 25.8 Å². The van der Waals surface area contributed by atoms with Crippen molar-refractivity contribution >= 4 is 0 Å². The maximum absolute atomic E-state index is 6.05. The molecule has 3 rings (SSSR count). The molecule has 0 amide bonds. The van der Waals surface area contributed by atoms with Crippen LogP contribution in [0.25, 0.3) is 0 Å². The maximum Gasteiger partial charge on any atom is 0.123 e. The van der Waals surface area contributed by atoms with Gasteiger partial charge in [0.05, 0.1) is 19.4 Å². The fraction of sp³-hybridized carbons (Fsp3) is 0.526. The van der Waals surface area contributed by atoms with Crippen LogP contribution >= 0.6 is 0 Å². The number of nitrogens with zero attached hydrogens (tertiary/aromatic N) is 2. The summed E-state index contributed by atoms with van der Waals surface area (Å²) in [5.41, 5.74) is 2.36. The second kappa shape index (κ2) is 7.81. The van der Waals surface area contributed by atoms with Crippen LogP contribution in [0.5, 0.6) is 5.75 Å². The number of hydrogen-bond donors (Lipinski definition) is 1. The van der Waals surface area contributed by atoms with Crippen LogP contribution in [0.3, 0.4) is 0 Å². The predicted octanol–water partition coefficient (Wildman–Crippen LogP) is 3.25. The molecular formula is C19H27N3O2. The fourth-order valence-electron chi connectivity index (χ4n) is 3.47. The van der Waals surface area contributed by atoms with Crippen molar-refractivity contribution in [2.75, 3.05) is 20.3 Å². The Bertz CT molecular complexity index is 656. The lowest BCUT2D eigenvalue weighted by Crippen LogP contribution is -2.33. The van der Waals surface area contributed by atoms with E-state index in [0.29, 0.717) is 5.92 Å². The average molecular weight is 329 g/mol. The van der Waals surface area contributed by atoms with E-state index in [9.17, 15) is 0 Å². The molecule has 0 spiro atoms. The normalized spacial score (nSPS) is 22.3. The van der Waals surface area contributed by atoms with Crippen LogP contribution in [0.2, 0.25) is 0 Å². The largest absolute Gasteiger partial charge is 0.496 e. The number of aromatic nitrogens is 2. The standard InChI is InChI=1S/C19H27N3O2/c1-14(17-8-4-5-9-18(17)23-3)20-11-15-7-6-10-24-19(15)16-12-21-22(2)13-16/h4-5,8-9,12-15,19-20H,6-7,10-11H2,1-3H3/t14?,15-,19+/m0/s1. The molecule has 3 atom stereocenters. The second-order valence-corrected chi connectivity index (χ2v) is 6.51. The van der Waals surface area contributed by atoms with E-state index in [4.69, 9.17) is 9.47 Å². The van der Waals surface area contributed by atoms with Gasteiger partial charge >= 0.3 is 0 Å². The van der Waals surface area contributed by atoms with Crippen LogP contribution in [0.4, 0.5) is 0 Å². The van der Waals surface area contributed by atoms with Crippen LogP contribution in [-0.2, 0) is 11.8 Å². The first-order valence-corrected chi connectivity index (χ1v) is 8.65. The molecule has 5 nitrogen and oxygen atoms in total. The summed E-state index contributed by atoms with van der Waals surface area (Å²) in [4.78, 5) is 0. The first kappa shape index (κ1) is 17.0. The van der Waals surface area contributed by atoms with Crippen molar-refractivity contribution in [3.63, 3.8) is 0 Å². The Hall–Kier alpha value is -1.85. The first-order valence-electron chi connectivity index (χ1n) is 8.65. The number of methoxy groups -OCH3 is 1. The quantitative estimate of drug-likeness (QED) is 0.884. The Labute approximate surface area is 144 Å². The molecule has 2 aromatic rings. The number of rotatable bonds is 6. The van der Waals surface area contributed by atoms with Gasteiger partial charge in [-0.3, -0.25) is 4.68 Å². The SMILES string of the molecule is COc1ccccc1C(C)NC[C@@H]1CCCO[C@H]1c1cnn(C)c1. The van der Waals surface area contributed by atoms with E-state index in [1.165, 1.54) is 17.5 Å². The monoisotopic (exact) mass is 329 g/mol. The van der Waals surface area contributed by atoms with Crippen molar-refractivity contribution in [2.24, 2.45) is 13.0 Å². The molecule has 130 valence electrons. The molecule has 1 aromatic heterocycles. The van der Waals surface area contributed by atoms with Crippen LogP contribution in [0.1, 0.15) is 43.0 Å². The van der Waals surface area contributed by atoms with E-state index in [2.05, 4.69) is 35.7 Å². The molecule has 0 saturated carbocycles. The number of aryl methyl sites for hydroxylation is 1. The Morgan fingerprint density at radius 1 is 1.42 bits per heavy atom. The lowest BCUT2D eigenvalue weighted by atomic mass is 9.90. The summed E-state index contributed by atoms with van der Waals surface area (Å²) in [5.74, 6) is 1.39. The highest BCUT2D eigenvalue weighted by Crippen LogP contribution is 2.33. The van der Waals surface area contributed by atoms with Crippen LogP contribution in [-0.4, -0.2) is 30.0 Å². The van der Waals surface area contributed by atoms with Crippen LogP contribution < -0.4 is 10.1 Å². The van der Waals surface area contributed by atoms with Gasteiger partial charge in [0.2, 0.25) is 0 Å². The zero-order chi connectivity index (χ0) is 16.9. The third-order valence-corrected chi connectivity index (χ3v) is 4.79. The molecule has 0 aliphatic carbocycles. The molecule has 1 saturated heterocycles. The minimum Gasteiger partial charge on any atom is -0.496 e. The number of ether oxygens (including phenoxy) is 2. The molecule has 5 heteroatoms. The topological polar surface area (TPSA) is 48.3 Å². The fourth-order valence-corrected chi connectivity index (χ4v) is 3.47. The third-order valence-electron chi connectivity index (χ3n) is 4.79. The predicted molar refractivity (Wildman–Crippen MR) is 94.0 cm³/mol. The molecule has 1 aliphatic rings. The van der Waals surface area contributed by atoms with Crippen molar-refractivity contribution in [2.45, 2.75) is 31.9 Å². The van der Waals surface area contributed by atoms with E-state index >= 15 is 0 Å². The zero-order valence-corrected chi connectivity index (χ0v) is 14.7. The molecule has 1 aromatic carbocycles. The second-order valence-electron chi connectivity index (χ2n) is 6.51. The van der Waals surface area contributed by atoms with Gasteiger partial charge in [-0.15, -0.1) is 0 Å². The van der Waals surface area contributed by atoms with Gasteiger partial charge in [-0.1, -0.05) is 18.2 Å². The smallest absolute Gasteiger partial charge is 0.123 e. The molecule has 0 bridgehead atoms. The summed E-state index contributed by atoms with van der Waals surface area (Å²) in [5, 5.41) is 7.95. The molecule has 24 heavy (non-hydrogen) atoms. The van der Waals surface area contributed by atoms with Crippen molar-refractivity contribution < 1.29 is 9.47 Å². The number of hydrogen-bond acceptors (Lipinski definition) is 4. The summed E-state index contributed by atoms with van der Waals surface area (Å²) in [7, 11) is 3.67. The number of benzene rings is 1. The summed E-state index contributed by atoms with van der Waals surface area (Å²) >= 11 is 0. The molecule has 0 radical (unpaired) electrons. The highest BCUT2D eigenvalue weighted by Gasteiger charge is 2.28. The van der Waals surface area contributed by atoms with Gasteiger partial charge in [0.15, 0.2) is 0 Å². The van der Waals surface area contributed by atoms with Gasteiger partial charge in [-0.2, -0.15) is 5.10 Å². The van der Waals surface area contributed by atoms with Crippen molar-refractivity contribution in [3.05, 3.63) is 47.8 Å². The van der Waals surface area contributed by atoms with Gasteiger partial charge in [0.25, 0.3) is 0 Å². The highest BCUT2D eigenvalue weighted by molar-refractivity contribution is 5.35. The van der Waals surface area contributed by atoms with E-state index in [0.717, 1.165) is 25.3 Å². The van der Waals surface area contributed by atoms with E-state index < -0.39 is 0 Å². The van der Waals surface area contributed by atoms with E-state index in [1.54, 1.807) is 7.11 Å². The van der Waals surface area contributed by atoms with Crippen LogP contribution in [0, 0.1) is 5.92 Å². The summed E-state index contributed by atoms with van der Waals surface area (Å²) in [6.45, 7) is 3.93. The summed E-state index contributed by atoms with van der Waals surface area (Å²) < 4.78 is 13.4. The zero-order valence-electron chi connectivity index (χ0n) is 14.7. The average Bonchev–Trinajstić information content (AvgIpc) is 3.06. The molecule has 1 fully saturated rings. The summed E-state index contributed by atoms with van der Waals surface area (Å²) in [6, 6.07) is 8.42. The Morgan fingerprint density at radius 2 is 2.25 bits per heavy atom. The molecule has 2 heterocycles. The lowest BCUT2D eigenvalue weighted by molar-refractivity contribution is -0.0284. The van der Waals surface area contributed by atoms with Crippen molar-refractivity contribution in [1.82, 2.24) is 15.1 Å². The first-order chi connectivity index (χ1) is 11.7. The van der Waals surface area contributed by atoms with Crippen LogP contribution in [0.15, 0.2) is 36.7 Å². The Kier molecular flexibility index (Phi) is 5.53. The molecular weight excluding hydrogens is 302 g/mol.